The van der Waals surface area contributed by atoms with E-state index < -0.39 is 5.78 Å². The van der Waals surface area contributed by atoms with Crippen LogP contribution in [0.3, 0.4) is 0 Å². The molecule has 0 bridgehead atoms. The van der Waals surface area contributed by atoms with Gasteiger partial charge in [0.15, 0.2) is 0 Å². The third kappa shape index (κ3) is 1.93. The molecule has 0 aromatic heterocycles. The van der Waals surface area contributed by atoms with Crippen molar-refractivity contribution in [3.63, 3.8) is 0 Å². The van der Waals surface area contributed by atoms with Crippen LogP contribution in [0.25, 0.3) is 0 Å². The quantitative estimate of drug-likeness (QED) is 0.476. The van der Waals surface area contributed by atoms with Crippen molar-refractivity contribution in [3.05, 3.63) is 35.6 Å². The second-order valence-corrected chi connectivity index (χ2v) is 2.34. The van der Waals surface area contributed by atoms with E-state index in [2.05, 4.69) is 0 Å². The van der Waals surface area contributed by atoms with E-state index in [9.17, 15) is 9.18 Å². The first-order valence-electron chi connectivity index (χ1n) is 3.47. The maximum atomic E-state index is 12.9. The number of carbonyl (C=O) groups excluding carboxylic acids is 1. The van der Waals surface area contributed by atoms with Crippen molar-refractivity contribution in [1.29, 1.82) is 0 Å². The molecule has 0 radical (unpaired) electrons. The number of benzene rings is 1. The van der Waals surface area contributed by atoms with Crippen molar-refractivity contribution in [1.82, 2.24) is 0 Å². The first kappa shape index (κ1) is 8.48. The van der Waals surface area contributed by atoms with Crippen molar-refractivity contribution in [2.75, 3.05) is 0 Å². The Morgan fingerprint density at radius 2 is 2.17 bits per heavy atom. The standard InChI is InChI=1S/C10H7FO/c1-2-9(12)7-8-5-3-4-6-10(8)11/h1,3-6H,7H2. The summed E-state index contributed by atoms with van der Waals surface area (Å²) in [6.07, 6.45) is 4.82. The normalized spacial score (nSPS) is 9.00. The van der Waals surface area contributed by atoms with Crippen molar-refractivity contribution >= 4 is 5.78 Å². The highest BCUT2D eigenvalue weighted by molar-refractivity contribution is 5.96. The fraction of sp³-hybridized carbons (Fsp3) is 0.100. The molecule has 0 heterocycles. The summed E-state index contributed by atoms with van der Waals surface area (Å²) in [5.74, 6) is 1.14. The smallest absolute Gasteiger partial charge is 0.209 e. The maximum absolute atomic E-state index is 12.9. The molecule has 0 atom stereocenters. The Morgan fingerprint density at radius 3 is 2.75 bits per heavy atom. The second kappa shape index (κ2) is 3.68. The molecule has 0 aliphatic heterocycles. The molecule has 0 amide bonds. The van der Waals surface area contributed by atoms with E-state index in [0.717, 1.165) is 0 Å². The molecule has 2 heteroatoms. The minimum atomic E-state index is -0.403. The fourth-order valence-electron chi connectivity index (χ4n) is 0.866. The number of halogens is 1. The number of terminal acetylenes is 1. The van der Waals surface area contributed by atoms with Gasteiger partial charge in [0.05, 0.1) is 0 Å². The van der Waals surface area contributed by atoms with Crippen LogP contribution >= 0.6 is 0 Å². The molecule has 0 saturated carbocycles. The van der Waals surface area contributed by atoms with Crippen LogP contribution in [0.2, 0.25) is 0 Å². The summed E-state index contributed by atoms with van der Waals surface area (Å²) in [7, 11) is 0. The topological polar surface area (TPSA) is 17.1 Å². The molecule has 12 heavy (non-hydrogen) atoms. The minimum Gasteiger partial charge on any atom is -0.285 e. The van der Waals surface area contributed by atoms with Gasteiger partial charge >= 0.3 is 0 Å². The van der Waals surface area contributed by atoms with Crippen LogP contribution in [0, 0.1) is 18.2 Å². The Morgan fingerprint density at radius 1 is 1.50 bits per heavy atom. The van der Waals surface area contributed by atoms with Crippen LogP contribution in [0.4, 0.5) is 4.39 Å². The Balaban J connectivity index is 2.84. The van der Waals surface area contributed by atoms with E-state index in [0.29, 0.717) is 5.56 Å². The molecule has 0 saturated heterocycles. The van der Waals surface area contributed by atoms with Crippen LogP contribution in [0.1, 0.15) is 5.56 Å². The lowest BCUT2D eigenvalue weighted by atomic mass is 10.1. The molecule has 1 nitrogen and oxygen atoms in total. The van der Waals surface area contributed by atoms with Gasteiger partial charge < -0.3 is 0 Å². The zero-order chi connectivity index (χ0) is 8.97. The number of hydrogen-bond acceptors (Lipinski definition) is 1. The van der Waals surface area contributed by atoms with Gasteiger partial charge in [0.25, 0.3) is 0 Å². The third-order valence-corrected chi connectivity index (χ3v) is 1.47. The predicted octanol–water partition coefficient (Wildman–Crippen LogP) is 1.57. The van der Waals surface area contributed by atoms with Crippen molar-refractivity contribution in [2.45, 2.75) is 6.42 Å². The zero-order valence-corrected chi connectivity index (χ0v) is 6.38. The molecule has 60 valence electrons. The predicted molar refractivity (Wildman–Crippen MR) is 43.9 cm³/mol. The summed E-state index contributed by atoms with van der Waals surface area (Å²) in [5.41, 5.74) is 0.348. The first-order valence-corrected chi connectivity index (χ1v) is 3.47. The van der Waals surface area contributed by atoms with Gasteiger partial charge in [-0.3, -0.25) is 4.79 Å². The molecule has 0 aliphatic rings. The van der Waals surface area contributed by atoms with Crippen LogP contribution in [-0.4, -0.2) is 5.78 Å². The van der Waals surface area contributed by atoms with E-state index in [4.69, 9.17) is 6.42 Å². The molecule has 0 spiro atoms. The lowest BCUT2D eigenvalue weighted by Gasteiger charge is -1.97. The lowest BCUT2D eigenvalue weighted by Crippen LogP contribution is -2.00. The third-order valence-electron chi connectivity index (χ3n) is 1.47. The molecule has 1 aromatic rings. The molecule has 1 rings (SSSR count). The van der Waals surface area contributed by atoms with Crippen LogP contribution in [-0.2, 0) is 11.2 Å². The number of ketones is 1. The monoisotopic (exact) mass is 162 g/mol. The zero-order valence-electron chi connectivity index (χ0n) is 6.38. The van der Waals surface area contributed by atoms with Gasteiger partial charge in [-0.1, -0.05) is 18.2 Å². The van der Waals surface area contributed by atoms with Gasteiger partial charge in [-0.15, -0.1) is 6.42 Å². The molecular formula is C10H7FO. The van der Waals surface area contributed by atoms with Crippen LogP contribution in [0.5, 0.6) is 0 Å². The number of carbonyl (C=O) groups is 1. The summed E-state index contributed by atoms with van der Waals surface area (Å²) in [6, 6.07) is 6.09. The Hall–Kier alpha value is -1.62. The van der Waals surface area contributed by atoms with E-state index in [1.807, 2.05) is 5.92 Å². The molecule has 0 fully saturated rings. The Kier molecular flexibility index (Phi) is 2.60. The van der Waals surface area contributed by atoms with E-state index in [1.54, 1.807) is 18.2 Å². The first-order chi connectivity index (χ1) is 5.74. The van der Waals surface area contributed by atoms with Gasteiger partial charge in [0.2, 0.25) is 5.78 Å². The summed E-state index contributed by atoms with van der Waals surface area (Å²) in [5, 5.41) is 0. The number of rotatable bonds is 2. The second-order valence-electron chi connectivity index (χ2n) is 2.34. The van der Waals surface area contributed by atoms with Crippen molar-refractivity contribution < 1.29 is 9.18 Å². The summed E-state index contributed by atoms with van der Waals surface area (Å²) in [6.45, 7) is 0. The summed E-state index contributed by atoms with van der Waals surface area (Å²) < 4.78 is 12.9. The van der Waals surface area contributed by atoms with Gasteiger partial charge in [-0.05, 0) is 17.6 Å². The average Bonchev–Trinajstić information content (AvgIpc) is 2.09. The van der Waals surface area contributed by atoms with Gasteiger partial charge in [-0.2, -0.15) is 0 Å². The number of Topliss-reactive ketones (excluding diaryl/α,β-unsaturated/α-hetero) is 1. The highest BCUT2D eigenvalue weighted by Crippen LogP contribution is 2.06. The van der Waals surface area contributed by atoms with Crippen molar-refractivity contribution in [2.24, 2.45) is 0 Å². The van der Waals surface area contributed by atoms with Crippen LogP contribution < -0.4 is 0 Å². The SMILES string of the molecule is C#CC(=O)Cc1ccccc1F. The average molecular weight is 162 g/mol. The molecule has 1 aromatic carbocycles. The van der Waals surface area contributed by atoms with E-state index in [-0.39, 0.29) is 12.2 Å². The number of hydrogen-bond donors (Lipinski definition) is 0. The largest absolute Gasteiger partial charge is 0.285 e. The van der Waals surface area contributed by atoms with Gasteiger partial charge in [-0.25, -0.2) is 4.39 Å². The summed E-state index contributed by atoms with van der Waals surface area (Å²) >= 11 is 0. The lowest BCUT2D eigenvalue weighted by molar-refractivity contribution is -0.113. The van der Waals surface area contributed by atoms with E-state index >= 15 is 0 Å². The molecule has 0 aliphatic carbocycles. The Labute approximate surface area is 70.2 Å². The van der Waals surface area contributed by atoms with Crippen molar-refractivity contribution in [3.8, 4) is 12.3 Å². The van der Waals surface area contributed by atoms with E-state index in [1.165, 1.54) is 6.07 Å². The molecule has 0 N–H and O–H groups in total. The highest BCUT2D eigenvalue weighted by atomic mass is 19.1. The maximum Gasteiger partial charge on any atom is 0.209 e. The fourth-order valence-corrected chi connectivity index (χ4v) is 0.866. The van der Waals surface area contributed by atoms with Crippen LogP contribution in [0.15, 0.2) is 24.3 Å². The molecule has 0 unspecified atom stereocenters. The highest BCUT2D eigenvalue weighted by Gasteiger charge is 2.03. The summed E-state index contributed by atoms with van der Waals surface area (Å²) in [4.78, 5) is 10.7. The Bertz CT molecular complexity index is 336. The molecular weight excluding hydrogens is 155 g/mol. The minimum absolute atomic E-state index is 0.0246. The van der Waals surface area contributed by atoms with Gasteiger partial charge in [0, 0.05) is 6.42 Å². The van der Waals surface area contributed by atoms with Gasteiger partial charge in [0.1, 0.15) is 5.82 Å².